The zero-order chi connectivity index (χ0) is 21.0. The Kier molecular flexibility index (Phi) is 11.6. The number of carbonyl (C=O) groups is 3. The molecule has 0 heterocycles. The van der Waals surface area contributed by atoms with Gasteiger partial charge < -0.3 is 35.3 Å². The van der Waals surface area contributed by atoms with Crippen molar-refractivity contribution < 1.29 is 33.3 Å². The number of esters is 1. The molecule has 0 radical (unpaired) electrons. The van der Waals surface area contributed by atoms with Gasteiger partial charge in [0.2, 0.25) is 5.91 Å². The number of ether oxygens (including phenoxy) is 4. The van der Waals surface area contributed by atoms with Crippen LogP contribution in [0.1, 0.15) is 41.0 Å². The van der Waals surface area contributed by atoms with Crippen LogP contribution in [0.2, 0.25) is 0 Å². The molecular formula is C17H33N3O7. The highest BCUT2D eigenvalue weighted by Crippen LogP contribution is 2.09. The van der Waals surface area contributed by atoms with E-state index in [-0.39, 0.29) is 26.4 Å². The lowest BCUT2D eigenvalue weighted by Gasteiger charge is -2.26. The predicted molar refractivity (Wildman–Crippen MR) is 97.8 cm³/mol. The van der Waals surface area contributed by atoms with E-state index >= 15 is 0 Å². The van der Waals surface area contributed by atoms with E-state index in [1.807, 2.05) is 0 Å². The fourth-order valence-electron chi connectivity index (χ4n) is 1.97. The summed E-state index contributed by atoms with van der Waals surface area (Å²) >= 11 is 0. The smallest absolute Gasteiger partial charge is 0.408 e. The van der Waals surface area contributed by atoms with Crippen LogP contribution in [0.4, 0.5) is 4.79 Å². The van der Waals surface area contributed by atoms with Gasteiger partial charge in [0.05, 0.1) is 12.1 Å². The second-order valence-electron chi connectivity index (χ2n) is 7.08. The number of hydrogen-bond donors (Lipinski definition) is 3. The normalized spacial score (nSPS) is 14.6. The van der Waals surface area contributed by atoms with Crippen molar-refractivity contribution >= 4 is 18.0 Å². The summed E-state index contributed by atoms with van der Waals surface area (Å²) in [6.45, 7) is 8.25. The van der Waals surface area contributed by atoms with Gasteiger partial charge in [-0.3, -0.25) is 9.59 Å². The summed E-state index contributed by atoms with van der Waals surface area (Å²) in [7, 11) is 1.47. The first-order chi connectivity index (χ1) is 12.5. The largest absolute Gasteiger partial charge is 0.464 e. The third-order valence-corrected chi connectivity index (χ3v) is 3.12. The molecule has 158 valence electrons. The summed E-state index contributed by atoms with van der Waals surface area (Å²) in [5.41, 5.74) is 4.95. The maximum absolute atomic E-state index is 12.6. The Balaban J connectivity index is 4.99. The fraction of sp³-hybridized carbons (Fsp3) is 0.824. The molecule has 10 heteroatoms. The Hall–Kier alpha value is -1.91. The molecule has 0 saturated carbocycles. The van der Waals surface area contributed by atoms with Crippen molar-refractivity contribution in [2.45, 2.75) is 64.8 Å². The lowest BCUT2D eigenvalue weighted by atomic mass is 10.1. The summed E-state index contributed by atoms with van der Waals surface area (Å²) in [6.07, 6.45) is -1.14. The number of hydrogen-bond acceptors (Lipinski definition) is 8. The molecule has 2 amide bonds. The molecule has 0 spiro atoms. The van der Waals surface area contributed by atoms with Crippen molar-refractivity contribution in [1.82, 2.24) is 10.6 Å². The second kappa shape index (κ2) is 12.5. The highest BCUT2D eigenvalue weighted by Gasteiger charge is 2.28. The zero-order valence-corrected chi connectivity index (χ0v) is 17.0. The molecule has 3 atom stereocenters. The quantitative estimate of drug-likeness (QED) is 0.337. The number of carbonyl (C=O) groups excluding carboxylic acids is 3. The molecule has 0 rings (SSSR count). The van der Waals surface area contributed by atoms with Gasteiger partial charge >= 0.3 is 12.1 Å². The lowest BCUT2D eigenvalue weighted by molar-refractivity contribution is -0.142. The average molecular weight is 391 g/mol. The monoisotopic (exact) mass is 391 g/mol. The molecule has 0 aromatic carbocycles. The number of methoxy groups -OCH3 is 1. The molecule has 0 aromatic heterocycles. The minimum Gasteiger partial charge on any atom is -0.464 e. The van der Waals surface area contributed by atoms with Crippen molar-refractivity contribution in [2.24, 2.45) is 5.73 Å². The van der Waals surface area contributed by atoms with Gasteiger partial charge in [0.25, 0.3) is 0 Å². The van der Waals surface area contributed by atoms with Crippen molar-refractivity contribution in [3.63, 3.8) is 0 Å². The molecule has 0 aliphatic rings. The van der Waals surface area contributed by atoms with Crippen molar-refractivity contribution in [3.8, 4) is 0 Å². The predicted octanol–water partition coefficient (Wildman–Crippen LogP) is 0.285. The van der Waals surface area contributed by atoms with Crippen LogP contribution in [0.5, 0.6) is 0 Å². The molecule has 0 bridgehead atoms. The number of rotatable bonds is 11. The average Bonchev–Trinajstić information content (AvgIpc) is 2.53. The number of alkyl carbamates (subject to hydrolysis) is 1. The van der Waals surface area contributed by atoms with E-state index in [0.717, 1.165) is 0 Å². The van der Waals surface area contributed by atoms with Crippen LogP contribution in [0.25, 0.3) is 0 Å². The minimum absolute atomic E-state index is 0.00545. The summed E-state index contributed by atoms with van der Waals surface area (Å²) < 4.78 is 20.3. The van der Waals surface area contributed by atoms with E-state index in [9.17, 15) is 14.4 Å². The van der Waals surface area contributed by atoms with Crippen molar-refractivity contribution in [2.75, 3.05) is 27.1 Å². The molecule has 0 unspecified atom stereocenters. The second-order valence-corrected chi connectivity index (χ2v) is 7.08. The topological polar surface area (TPSA) is 138 Å². The van der Waals surface area contributed by atoms with E-state index < -0.39 is 41.8 Å². The van der Waals surface area contributed by atoms with Crippen LogP contribution >= 0.6 is 0 Å². The maximum Gasteiger partial charge on any atom is 0.408 e. The Morgan fingerprint density at radius 1 is 1.15 bits per heavy atom. The number of amides is 2. The summed E-state index contributed by atoms with van der Waals surface area (Å²) in [6, 6.07) is -1.40. The van der Waals surface area contributed by atoms with Gasteiger partial charge in [-0.2, -0.15) is 0 Å². The Morgan fingerprint density at radius 3 is 2.26 bits per heavy atom. The molecule has 0 fully saturated rings. The van der Waals surface area contributed by atoms with E-state index in [1.54, 1.807) is 27.7 Å². The SMILES string of the molecule is COCO[C@@H](CN)C[C@H](NC(=O)OC(C)(C)C)C(=O)N[C@@H](C)COC(C)=O. The molecule has 0 aliphatic carbocycles. The number of nitrogens with two attached hydrogens (primary N) is 1. The maximum atomic E-state index is 12.6. The van der Waals surface area contributed by atoms with Crippen molar-refractivity contribution in [1.29, 1.82) is 0 Å². The summed E-state index contributed by atoms with van der Waals surface area (Å²) in [5, 5.41) is 5.20. The van der Waals surface area contributed by atoms with Gasteiger partial charge in [-0.05, 0) is 27.7 Å². The van der Waals surface area contributed by atoms with Gasteiger partial charge in [0, 0.05) is 27.0 Å². The van der Waals surface area contributed by atoms with E-state index in [4.69, 9.17) is 24.7 Å². The van der Waals surface area contributed by atoms with Crippen LogP contribution in [0.15, 0.2) is 0 Å². The molecule has 27 heavy (non-hydrogen) atoms. The molecule has 4 N–H and O–H groups in total. The van der Waals surface area contributed by atoms with Crippen molar-refractivity contribution in [3.05, 3.63) is 0 Å². The van der Waals surface area contributed by atoms with Crippen LogP contribution < -0.4 is 16.4 Å². The minimum atomic E-state index is -0.954. The Labute approximate surface area is 160 Å². The van der Waals surface area contributed by atoms with Gasteiger partial charge in [0.1, 0.15) is 25.0 Å². The van der Waals surface area contributed by atoms with E-state index in [2.05, 4.69) is 10.6 Å². The van der Waals surface area contributed by atoms with E-state index in [0.29, 0.717) is 0 Å². The molecular weight excluding hydrogens is 358 g/mol. The highest BCUT2D eigenvalue weighted by molar-refractivity contribution is 5.86. The summed E-state index contributed by atoms with van der Waals surface area (Å²) in [5.74, 6) is -0.921. The zero-order valence-electron chi connectivity index (χ0n) is 17.0. The van der Waals surface area contributed by atoms with E-state index in [1.165, 1.54) is 14.0 Å². The first-order valence-electron chi connectivity index (χ1n) is 8.72. The third kappa shape index (κ3) is 13.0. The first-order valence-corrected chi connectivity index (χ1v) is 8.72. The van der Waals surface area contributed by atoms with Crippen LogP contribution in [-0.2, 0) is 28.5 Å². The lowest BCUT2D eigenvalue weighted by Crippen LogP contribution is -2.52. The summed E-state index contributed by atoms with van der Waals surface area (Å²) in [4.78, 5) is 35.5. The van der Waals surface area contributed by atoms with Crippen LogP contribution in [-0.4, -0.2) is 68.8 Å². The molecule has 0 aliphatic heterocycles. The molecule has 0 aromatic rings. The Bertz CT molecular complexity index is 480. The van der Waals surface area contributed by atoms with Gasteiger partial charge in [-0.1, -0.05) is 0 Å². The fourth-order valence-corrected chi connectivity index (χ4v) is 1.97. The van der Waals surface area contributed by atoms with Crippen LogP contribution in [0, 0.1) is 0 Å². The third-order valence-electron chi connectivity index (χ3n) is 3.12. The Morgan fingerprint density at radius 2 is 1.78 bits per heavy atom. The standard InChI is InChI=1S/C17H33N3O7/c1-11(9-25-12(2)21)19-15(22)14(7-13(8-18)26-10-24-6)20-16(23)27-17(3,4)5/h11,13-14H,7-10,18H2,1-6H3,(H,19,22)(H,20,23)/t11-,13+,14-/m0/s1. The first kappa shape index (κ1) is 25.1. The molecule has 0 saturated heterocycles. The van der Waals surface area contributed by atoms with Crippen LogP contribution in [0.3, 0.4) is 0 Å². The number of nitrogens with one attached hydrogen (secondary N) is 2. The van der Waals surface area contributed by atoms with Gasteiger partial charge in [0.15, 0.2) is 0 Å². The molecule has 10 nitrogen and oxygen atoms in total. The van der Waals surface area contributed by atoms with Gasteiger partial charge in [-0.15, -0.1) is 0 Å². The van der Waals surface area contributed by atoms with Gasteiger partial charge in [-0.25, -0.2) is 4.79 Å². The highest BCUT2D eigenvalue weighted by atomic mass is 16.7.